The van der Waals surface area contributed by atoms with Crippen molar-refractivity contribution in [2.75, 3.05) is 6.54 Å². The first-order valence-electron chi connectivity index (χ1n) is 7.80. The number of alkyl halides is 3. The Hall–Kier alpha value is -1.92. The SMILES string of the molecule is Cc1cccc(C(O)CNC(CCC(F)(F)F)c2cccnc2)c1. The lowest BCUT2D eigenvalue weighted by molar-refractivity contribution is -0.136. The molecule has 0 bridgehead atoms. The summed E-state index contributed by atoms with van der Waals surface area (Å²) >= 11 is 0. The van der Waals surface area contributed by atoms with E-state index in [4.69, 9.17) is 0 Å². The van der Waals surface area contributed by atoms with Gasteiger partial charge in [-0.2, -0.15) is 13.2 Å². The summed E-state index contributed by atoms with van der Waals surface area (Å²) in [5, 5.41) is 13.3. The topological polar surface area (TPSA) is 45.1 Å². The van der Waals surface area contributed by atoms with Gasteiger partial charge in [-0.05, 0) is 30.5 Å². The fourth-order valence-corrected chi connectivity index (χ4v) is 2.53. The summed E-state index contributed by atoms with van der Waals surface area (Å²) in [6.45, 7) is 2.09. The minimum atomic E-state index is -4.21. The van der Waals surface area contributed by atoms with E-state index in [0.29, 0.717) is 5.56 Å². The zero-order chi connectivity index (χ0) is 17.6. The molecule has 2 atom stereocenters. The molecule has 0 amide bonds. The number of aromatic nitrogens is 1. The van der Waals surface area contributed by atoms with Gasteiger partial charge in [0.1, 0.15) is 0 Å². The van der Waals surface area contributed by atoms with Gasteiger partial charge in [0.2, 0.25) is 0 Å². The molecule has 0 spiro atoms. The number of hydrogen-bond acceptors (Lipinski definition) is 3. The molecule has 0 saturated carbocycles. The summed E-state index contributed by atoms with van der Waals surface area (Å²) in [4.78, 5) is 3.96. The normalized spacial score (nSPS) is 14.4. The highest BCUT2D eigenvalue weighted by Gasteiger charge is 2.29. The largest absolute Gasteiger partial charge is 0.389 e. The molecule has 2 N–H and O–H groups in total. The van der Waals surface area contributed by atoms with Crippen molar-refractivity contribution >= 4 is 0 Å². The van der Waals surface area contributed by atoms with Crippen molar-refractivity contribution in [3.8, 4) is 0 Å². The van der Waals surface area contributed by atoms with Crippen LogP contribution < -0.4 is 5.32 Å². The van der Waals surface area contributed by atoms with Crippen molar-refractivity contribution in [1.29, 1.82) is 0 Å². The zero-order valence-corrected chi connectivity index (χ0v) is 13.4. The van der Waals surface area contributed by atoms with Crippen LogP contribution in [-0.4, -0.2) is 22.8 Å². The van der Waals surface area contributed by atoms with Crippen LogP contribution >= 0.6 is 0 Å². The average molecular weight is 338 g/mol. The minimum Gasteiger partial charge on any atom is -0.387 e. The van der Waals surface area contributed by atoms with Gasteiger partial charge in [0.05, 0.1) is 6.10 Å². The Balaban J connectivity index is 2.02. The summed E-state index contributed by atoms with van der Waals surface area (Å²) in [5.74, 6) is 0. The van der Waals surface area contributed by atoms with Gasteiger partial charge >= 0.3 is 6.18 Å². The van der Waals surface area contributed by atoms with Gasteiger partial charge in [-0.1, -0.05) is 35.9 Å². The minimum absolute atomic E-state index is 0.101. The van der Waals surface area contributed by atoms with E-state index in [0.717, 1.165) is 11.1 Å². The standard InChI is InChI=1S/C18H21F3N2O/c1-13-4-2-5-14(10-13)17(24)12-23-16(7-8-18(19,20)21)15-6-3-9-22-11-15/h2-6,9-11,16-17,23-24H,7-8,12H2,1H3. The number of benzene rings is 1. The molecule has 24 heavy (non-hydrogen) atoms. The lowest BCUT2D eigenvalue weighted by Gasteiger charge is -2.22. The molecule has 2 aromatic rings. The third-order valence-electron chi connectivity index (χ3n) is 3.79. The van der Waals surface area contributed by atoms with Crippen LogP contribution in [0.1, 0.15) is 41.7 Å². The van der Waals surface area contributed by atoms with Gasteiger partial charge < -0.3 is 10.4 Å². The Bertz CT molecular complexity index is 632. The van der Waals surface area contributed by atoms with Crippen LogP contribution in [0.4, 0.5) is 13.2 Å². The Morgan fingerprint density at radius 1 is 1.17 bits per heavy atom. The maximum atomic E-state index is 12.5. The first-order valence-corrected chi connectivity index (χ1v) is 7.80. The molecule has 2 rings (SSSR count). The maximum Gasteiger partial charge on any atom is 0.389 e. The molecule has 1 aromatic heterocycles. The van der Waals surface area contributed by atoms with Crippen LogP contribution in [0.15, 0.2) is 48.8 Å². The lowest BCUT2D eigenvalue weighted by Crippen LogP contribution is -2.28. The first-order chi connectivity index (χ1) is 11.3. The average Bonchev–Trinajstić information content (AvgIpc) is 2.54. The molecule has 0 aliphatic carbocycles. The number of halogens is 3. The Morgan fingerprint density at radius 2 is 1.92 bits per heavy atom. The second-order valence-corrected chi connectivity index (χ2v) is 5.83. The molecule has 130 valence electrons. The van der Waals surface area contributed by atoms with Crippen LogP contribution in [0.25, 0.3) is 0 Å². The highest BCUT2D eigenvalue weighted by Crippen LogP contribution is 2.27. The number of nitrogens with one attached hydrogen (secondary N) is 1. The Morgan fingerprint density at radius 3 is 2.54 bits per heavy atom. The molecule has 0 saturated heterocycles. The maximum absolute atomic E-state index is 12.5. The van der Waals surface area contributed by atoms with Crippen molar-refractivity contribution in [3.05, 3.63) is 65.5 Å². The van der Waals surface area contributed by atoms with Crippen molar-refractivity contribution in [2.24, 2.45) is 0 Å². The molecule has 3 nitrogen and oxygen atoms in total. The number of aliphatic hydroxyl groups is 1. The number of aryl methyl sites for hydroxylation is 1. The van der Waals surface area contributed by atoms with E-state index in [9.17, 15) is 18.3 Å². The fraction of sp³-hybridized carbons (Fsp3) is 0.389. The summed E-state index contributed by atoms with van der Waals surface area (Å²) in [6.07, 6.45) is -2.86. The summed E-state index contributed by atoms with van der Waals surface area (Å²) in [7, 11) is 0. The highest BCUT2D eigenvalue weighted by atomic mass is 19.4. The molecule has 1 aromatic carbocycles. The van der Waals surface area contributed by atoms with Crippen LogP contribution in [0, 0.1) is 6.92 Å². The fourth-order valence-electron chi connectivity index (χ4n) is 2.53. The second kappa shape index (κ2) is 8.26. The molecule has 0 aliphatic rings. The molecule has 0 aliphatic heterocycles. The molecule has 1 heterocycles. The van der Waals surface area contributed by atoms with Crippen molar-refractivity contribution in [1.82, 2.24) is 10.3 Å². The summed E-state index contributed by atoms with van der Waals surface area (Å²) in [6, 6.07) is 10.3. The molecule has 0 fully saturated rings. The first kappa shape index (κ1) is 18.4. The van der Waals surface area contributed by atoms with Gasteiger partial charge in [-0.25, -0.2) is 0 Å². The van der Waals surface area contributed by atoms with Crippen LogP contribution in [0.5, 0.6) is 0 Å². The quantitative estimate of drug-likeness (QED) is 0.799. The molecule has 0 radical (unpaired) electrons. The molecule has 2 unspecified atom stereocenters. The monoisotopic (exact) mass is 338 g/mol. The number of aliphatic hydroxyl groups excluding tert-OH is 1. The molecule has 6 heteroatoms. The second-order valence-electron chi connectivity index (χ2n) is 5.83. The van der Waals surface area contributed by atoms with E-state index in [1.165, 1.54) is 0 Å². The number of rotatable bonds is 7. The zero-order valence-electron chi connectivity index (χ0n) is 13.4. The van der Waals surface area contributed by atoms with Crippen LogP contribution in [0.3, 0.4) is 0 Å². The third-order valence-corrected chi connectivity index (χ3v) is 3.79. The van der Waals surface area contributed by atoms with Gasteiger partial charge in [0.15, 0.2) is 0 Å². The van der Waals surface area contributed by atoms with E-state index >= 15 is 0 Å². The van der Waals surface area contributed by atoms with Crippen molar-refractivity contribution < 1.29 is 18.3 Å². The van der Waals surface area contributed by atoms with Crippen LogP contribution in [-0.2, 0) is 0 Å². The third kappa shape index (κ3) is 5.94. The van der Waals surface area contributed by atoms with Crippen molar-refractivity contribution in [3.63, 3.8) is 0 Å². The van der Waals surface area contributed by atoms with Crippen molar-refractivity contribution in [2.45, 2.75) is 38.1 Å². The van der Waals surface area contributed by atoms with Gasteiger partial charge in [-0.15, -0.1) is 0 Å². The highest BCUT2D eigenvalue weighted by molar-refractivity contribution is 5.24. The van der Waals surface area contributed by atoms with E-state index in [-0.39, 0.29) is 13.0 Å². The molecular formula is C18H21F3N2O. The Kier molecular flexibility index (Phi) is 6.34. The van der Waals surface area contributed by atoms with E-state index < -0.39 is 24.7 Å². The number of nitrogens with zero attached hydrogens (tertiary/aromatic N) is 1. The predicted octanol–water partition coefficient (Wildman–Crippen LogP) is 4.10. The number of pyridine rings is 1. The van der Waals surface area contributed by atoms with Crippen LogP contribution in [0.2, 0.25) is 0 Å². The van der Waals surface area contributed by atoms with Gasteiger partial charge in [-0.3, -0.25) is 4.98 Å². The summed E-state index contributed by atoms with van der Waals surface area (Å²) in [5.41, 5.74) is 2.44. The van der Waals surface area contributed by atoms with Gasteiger partial charge in [0.25, 0.3) is 0 Å². The predicted molar refractivity (Wildman–Crippen MR) is 86.4 cm³/mol. The smallest absolute Gasteiger partial charge is 0.387 e. The Labute approximate surface area is 139 Å². The molecular weight excluding hydrogens is 317 g/mol. The lowest BCUT2D eigenvalue weighted by atomic mass is 10.0. The van der Waals surface area contributed by atoms with E-state index in [1.54, 1.807) is 30.6 Å². The van der Waals surface area contributed by atoms with Gasteiger partial charge in [0, 0.05) is 31.4 Å². The number of hydrogen-bond donors (Lipinski definition) is 2. The summed E-state index contributed by atoms with van der Waals surface area (Å²) < 4.78 is 37.6. The van der Waals surface area contributed by atoms with E-state index in [1.807, 2.05) is 25.1 Å². The van der Waals surface area contributed by atoms with E-state index in [2.05, 4.69) is 10.3 Å².